The molecule has 1 aliphatic rings. The van der Waals surface area contributed by atoms with Crippen LogP contribution >= 0.6 is 11.6 Å². The monoisotopic (exact) mass is 573 g/mol. The molecule has 0 saturated carbocycles. The summed E-state index contributed by atoms with van der Waals surface area (Å²) in [7, 11) is -3.60. The van der Waals surface area contributed by atoms with Crippen molar-refractivity contribution in [1.29, 1.82) is 0 Å². The molecule has 2 amide bonds. The van der Waals surface area contributed by atoms with Gasteiger partial charge >= 0.3 is 6.18 Å². The first kappa shape index (κ1) is 29.9. The van der Waals surface area contributed by atoms with E-state index in [9.17, 15) is 31.2 Å². The van der Waals surface area contributed by atoms with Gasteiger partial charge in [0.1, 0.15) is 0 Å². The average Bonchev–Trinajstić information content (AvgIpc) is 2.86. The number of sulfone groups is 1. The zero-order chi connectivity index (χ0) is 28.1. The van der Waals surface area contributed by atoms with Crippen molar-refractivity contribution < 1.29 is 31.2 Å². The number of nitrogens with one attached hydrogen (secondary N) is 2. The Kier molecular flexibility index (Phi) is 9.83. The standard InChI is InChI=1S/C26H31ClF3N3O4S/c1-3-24(34)32-21-6-5-11-33(16-21)15-18-8-7-17(13-22(18)26(28,29)30)25(35)31-14-19-12-20(27)9-10-23(19)38(36,37)4-2/h7-10,12-13,21H,3-6,11,14-16H2,1-2H3,(H,31,35)(H,32,34). The highest BCUT2D eigenvalue weighted by atomic mass is 35.5. The van der Waals surface area contributed by atoms with E-state index in [1.54, 1.807) is 6.92 Å². The molecule has 2 aromatic rings. The first-order valence-electron chi connectivity index (χ1n) is 12.3. The molecule has 1 unspecified atom stereocenters. The molecule has 1 fully saturated rings. The van der Waals surface area contributed by atoms with Crippen LogP contribution in [0.4, 0.5) is 13.2 Å². The number of benzene rings is 2. The molecule has 0 aromatic heterocycles. The normalized spacial score (nSPS) is 16.7. The molecule has 38 heavy (non-hydrogen) atoms. The van der Waals surface area contributed by atoms with Gasteiger partial charge in [-0.2, -0.15) is 13.2 Å². The molecule has 1 aliphatic heterocycles. The summed E-state index contributed by atoms with van der Waals surface area (Å²) in [6.45, 7) is 4.06. The predicted molar refractivity (Wildman–Crippen MR) is 139 cm³/mol. The number of nitrogens with zero attached hydrogens (tertiary/aromatic N) is 1. The third kappa shape index (κ3) is 7.70. The highest BCUT2D eigenvalue weighted by molar-refractivity contribution is 7.91. The fourth-order valence-electron chi connectivity index (χ4n) is 4.43. The molecule has 0 spiro atoms. The number of rotatable bonds is 9. The summed E-state index contributed by atoms with van der Waals surface area (Å²) in [5.41, 5.74) is -0.838. The first-order valence-corrected chi connectivity index (χ1v) is 14.4. The Morgan fingerprint density at radius 1 is 1.11 bits per heavy atom. The summed E-state index contributed by atoms with van der Waals surface area (Å²) in [6.07, 6.45) is -2.84. The topological polar surface area (TPSA) is 95.6 Å². The van der Waals surface area contributed by atoms with E-state index in [4.69, 9.17) is 11.6 Å². The first-order chi connectivity index (χ1) is 17.8. The van der Waals surface area contributed by atoms with Crippen LogP contribution in [0.25, 0.3) is 0 Å². The van der Waals surface area contributed by atoms with E-state index >= 15 is 0 Å². The van der Waals surface area contributed by atoms with Crippen molar-refractivity contribution in [1.82, 2.24) is 15.5 Å². The number of hydrogen-bond acceptors (Lipinski definition) is 5. The van der Waals surface area contributed by atoms with Crippen LogP contribution in [0.2, 0.25) is 5.02 Å². The summed E-state index contributed by atoms with van der Waals surface area (Å²) < 4.78 is 66.7. The third-order valence-corrected chi connectivity index (χ3v) is 8.50. The second kappa shape index (κ2) is 12.5. The molecule has 3 rings (SSSR count). The van der Waals surface area contributed by atoms with Crippen LogP contribution in [0.1, 0.15) is 60.2 Å². The summed E-state index contributed by atoms with van der Waals surface area (Å²) in [5.74, 6) is -1.03. The van der Waals surface area contributed by atoms with Crippen LogP contribution in [0.5, 0.6) is 0 Å². The van der Waals surface area contributed by atoms with Crippen molar-refractivity contribution in [2.75, 3.05) is 18.8 Å². The van der Waals surface area contributed by atoms with Crippen molar-refractivity contribution in [2.24, 2.45) is 0 Å². The van der Waals surface area contributed by atoms with Crippen LogP contribution in [0.15, 0.2) is 41.3 Å². The Morgan fingerprint density at radius 3 is 2.50 bits per heavy atom. The van der Waals surface area contributed by atoms with Crippen molar-refractivity contribution in [3.63, 3.8) is 0 Å². The molecule has 12 heteroatoms. The van der Waals surface area contributed by atoms with E-state index in [0.29, 0.717) is 19.5 Å². The third-order valence-electron chi connectivity index (χ3n) is 6.44. The number of carbonyl (C=O) groups excluding carboxylic acids is 2. The number of alkyl halides is 3. The highest BCUT2D eigenvalue weighted by Gasteiger charge is 2.35. The number of piperidine rings is 1. The smallest absolute Gasteiger partial charge is 0.352 e. The van der Waals surface area contributed by atoms with Gasteiger partial charge in [-0.05, 0) is 60.8 Å². The minimum absolute atomic E-state index is 0.00555. The zero-order valence-electron chi connectivity index (χ0n) is 21.2. The van der Waals surface area contributed by atoms with E-state index in [-0.39, 0.29) is 57.4 Å². The van der Waals surface area contributed by atoms with Gasteiger partial charge < -0.3 is 10.6 Å². The van der Waals surface area contributed by atoms with E-state index in [0.717, 1.165) is 18.9 Å². The van der Waals surface area contributed by atoms with E-state index < -0.39 is 27.5 Å². The molecule has 2 N–H and O–H groups in total. The quantitative estimate of drug-likeness (QED) is 0.458. The Morgan fingerprint density at radius 2 is 1.84 bits per heavy atom. The lowest BCUT2D eigenvalue weighted by atomic mass is 10.00. The molecule has 0 radical (unpaired) electrons. The van der Waals surface area contributed by atoms with Crippen molar-refractivity contribution in [3.05, 3.63) is 63.7 Å². The molecule has 208 valence electrons. The summed E-state index contributed by atoms with van der Waals surface area (Å²) in [6, 6.07) is 7.48. The molecular weight excluding hydrogens is 543 g/mol. The summed E-state index contributed by atoms with van der Waals surface area (Å²) >= 11 is 5.99. The highest BCUT2D eigenvalue weighted by Crippen LogP contribution is 2.34. The average molecular weight is 574 g/mol. The Labute approximate surface area is 225 Å². The number of likely N-dealkylation sites (tertiary alicyclic amines) is 1. The number of amides is 2. The largest absolute Gasteiger partial charge is 0.416 e. The predicted octanol–water partition coefficient (Wildman–Crippen LogP) is 4.57. The maximum absolute atomic E-state index is 14.0. The molecule has 0 aliphatic carbocycles. The molecule has 1 heterocycles. The van der Waals surface area contributed by atoms with E-state index in [1.165, 1.54) is 37.3 Å². The van der Waals surface area contributed by atoms with Crippen LogP contribution in [-0.4, -0.2) is 50.0 Å². The zero-order valence-corrected chi connectivity index (χ0v) is 22.8. The van der Waals surface area contributed by atoms with E-state index in [2.05, 4.69) is 10.6 Å². The number of hydrogen-bond donors (Lipinski definition) is 2. The number of carbonyl (C=O) groups is 2. The van der Waals surface area contributed by atoms with Gasteiger partial charge in [-0.15, -0.1) is 0 Å². The van der Waals surface area contributed by atoms with E-state index in [1.807, 2.05) is 4.90 Å². The van der Waals surface area contributed by atoms with Crippen LogP contribution in [-0.2, 0) is 33.9 Å². The van der Waals surface area contributed by atoms with Crippen molar-refractivity contribution in [3.8, 4) is 0 Å². The maximum atomic E-state index is 14.0. The summed E-state index contributed by atoms with van der Waals surface area (Å²) in [4.78, 5) is 26.4. The van der Waals surface area contributed by atoms with Gasteiger partial charge in [0, 0.05) is 42.7 Å². The molecule has 0 bridgehead atoms. The minimum atomic E-state index is -4.69. The minimum Gasteiger partial charge on any atom is -0.352 e. The molecule has 7 nitrogen and oxygen atoms in total. The molecule has 1 atom stereocenters. The fraction of sp³-hybridized carbons (Fsp3) is 0.462. The Balaban J connectivity index is 1.78. The molecular formula is C26H31ClF3N3O4S. The maximum Gasteiger partial charge on any atom is 0.416 e. The van der Waals surface area contributed by atoms with Gasteiger partial charge in [-0.25, -0.2) is 8.42 Å². The van der Waals surface area contributed by atoms with Gasteiger partial charge in [-0.1, -0.05) is 31.5 Å². The fourth-order valence-corrected chi connectivity index (χ4v) is 5.74. The van der Waals surface area contributed by atoms with Gasteiger partial charge in [0.15, 0.2) is 9.84 Å². The van der Waals surface area contributed by atoms with Gasteiger partial charge in [-0.3, -0.25) is 14.5 Å². The SMILES string of the molecule is CCC(=O)NC1CCCN(Cc2ccc(C(=O)NCc3cc(Cl)ccc3S(=O)(=O)CC)cc2C(F)(F)F)C1. The van der Waals surface area contributed by atoms with Gasteiger partial charge in [0.25, 0.3) is 5.91 Å². The Bertz CT molecular complexity index is 1280. The lowest BCUT2D eigenvalue weighted by Crippen LogP contribution is -2.47. The van der Waals surface area contributed by atoms with Crippen molar-refractivity contribution >= 4 is 33.3 Å². The van der Waals surface area contributed by atoms with Crippen LogP contribution in [0, 0.1) is 0 Å². The van der Waals surface area contributed by atoms with Crippen LogP contribution in [0.3, 0.4) is 0 Å². The lowest BCUT2D eigenvalue weighted by Gasteiger charge is -2.33. The van der Waals surface area contributed by atoms with Crippen LogP contribution < -0.4 is 10.6 Å². The molecule has 1 saturated heterocycles. The van der Waals surface area contributed by atoms with Crippen molar-refractivity contribution in [2.45, 2.75) is 63.3 Å². The van der Waals surface area contributed by atoms with Gasteiger partial charge in [0.2, 0.25) is 5.91 Å². The molecule has 2 aromatic carbocycles. The van der Waals surface area contributed by atoms with Gasteiger partial charge in [0.05, 0.1) is 16.2 Å². The Hall–Kier alpha value is -2.63. The lowest BCUT2D eigenvalue weighted by molar-refractivity contribution is -0.138. The number of halogens is 4. The second-order valence-electron chi connectivity index (χ2n) is 9.20. The second-order valence-corrected chi connectivity index (χ2v) is 11.9. The summed E-state index contributed by atoms with van der Waals surface area (Å²) in [5, 5.41) is 5.67.